The Morgan fingerprint density at radius 3 is 2.67 bits per heavy atom. The molecular weight excluding hydrogens is 302 g/mol. The molecule has 1 heterocycles. The number of carbonyl (C=O) groups is 1. The van der Waals surface area contributed by atoms with E-state index < -0.39 is 0 Å². The van der Waals surface area contributed by atoms with Crippen LogP contribution in [0.25, 0.3) is 0 Å². The van der Waals surface area contributed by atoms with Crippen LogP contribution in [0, 0.1) is 0 Å². The molecule has 1 fully saturated rings. The summed E-state index contributed by atoms with van der Waals surface area (Å²) in [7, 11) is 1.61. The molecule has 4 heteroatoms. The Morgan fingerprint density at radius 1 is 1.17 bits per heavy atom. The molecule has 1 aliphatic rings. The van der Waals surface area contributed by atoms with Gasteiger partial charge in [-0.25, -0.2) is 0 Å². The first-order chi connectivity index (χ1) is 11.7. The van der Waals surface area contributed by atoms with Crippen molar-refractivity contribution in [1.82, 2.24) is 4.90 Å². The average molecular weight is 325 g/mol. The maximum atomic E-state index is 12.9. The van der Waals surface area contributed by atoms with Gasteiger partial charge in [-0.05, 0) is 55.7 Å². The first kappa shape index (κ1) is 16.4. The second-order valence-electron chi connectivity index (χ2n) is 5.89. The highest BCUT2D eigenvalue weighted by molar-refractivity contribution is 5.95. The van der Waals surface area contributed by atoms with E-state index in [1.54, 1.807) is 13.2 Å². The van der Waals surface area contributed by atoms with E-state index in [0.717, 1.165) is 30.7 Å². The van der Waals surface area contributed by atoms with Crippen LogP contribution < -0.4 is 9.47 Å². The number of likely N-dealkylation sites (tertiary alicyclic amines) is 1. The molecular formula is C20H23NO3. The van der Waals surface area contributed by atoms with E-state index >= 15 is 0 Å². The molecule has 4 nitrogen and oxygen atoms in total. The van der Waals surface area contributed by atoms with Crippen LogP contribution in [0.3, 0.4) is 0 Å². The largest absolute Gasteiger partial charge is 0.497 e. The number of amides is 1. The summed E-state index contributed by atoms with van der Waals surface area (Å²) < 4.78 is 10.7. The molecule has 0 aromatic heterocycles. The molecule has 0 aliphatic carbocycles. The van der Waals surface area contributed by atoms with Crippen LogP contribution in [-0.4, -0.2) is 31.1 Å². The number of hydrogen-bond donors (Lipinski definition) is 0. The first-order valence-electron chi connectivity index (χ1n) is 8.40. The van der Waals surface area contributed by atoms with E-state index in [4.69, 9.17) is 9.47 Å². The number of hydrogen-bond acceptors (Lipinski definition) is 3. The van der Waals surface area contributed by atoms with Crippen LogP contribution in [0.1, 0.15) is 41.7 Å². The molecule has 1 aliphatic heterocycles. The Balaban J connectivity index is 1.80. The molecule has 0 N–H and O–H groups in total. The summed E-state index contributed by atoms with van der Waals surface area (Å²) in [5.41, 5.74) is 1.83. The number of carbonyl (C=O) groups excluding carboxylic acids is 1. The number of rotatable bonds is 5. The molecule has 1 saturated heterocycles. The van der Waals surface area contributed by atoms with Gasteiger partial charge in [-0.2, -0.15) is 0 Å². The zero-order chi connectivity index (χ0) is 16.9. The number of methoxy groups -OCH3 is 1. The van der Waals surface area contributed by atoms with Crippen LogP contribution in [0.5, 0.6) is 11.5 Å². The Bertz CT molecular complexity index is 696. The third-order valence-electron chi connectivity index (χ3n) is 4.41. The second kappa shape index (κ2) is 7.39. The van der Waals surface area contributed by atoms with Gasteiger partial charge in [0.05, 0.1) is 19.8 Å². The highest BCUT2D eigenvalue weighted by Gasteiger charge is 2.30. The van der Waals surface area contributed by atoms with Gasteiger partial charge in [0.2, 0.25) is 0 Å². The minimum atomic E-state index is 0.0604. The van der Waals surface area contributed by atoms with Crippen LogP contribution in [-0.2, 0) is 0 Å². The molecule has 0 saturated carbocycles. The number of benzene rings is 2. The van der Waals surface area contributed by atoms with Gasteiger partial charge in [-0.15, -0.1) is 0 Å². The Labute approximate surface area is 143 Å². The molecule has 0 radical (unpaired) electrons. The van der Waals surface area contributed by atoms with Gasteiger partial charge >= 0.3 is 0 Å². The van der Waals surface area contributed by atoms with E-state index in [-0.39, 0.29) is 11.9 Å². The zero-order valence-electron chi connectivity index (χ0n) is 14.2. The molecule has 1 unspecified atom stereocenters. The zero-order valence-corrected chi connectivity index (χ0v) is 14.2. The molecule has 3 rings (SSSR count). The van der Waals surface area contributed by atoms with Gasteiger partial charge in [0.1, 0.15) is 11.5 Å². The van der Waals surface area contributed by atoms with Gasteiger partial charge in [-0.3, -0.25) is 4.79 Å². The first-order valence-corrected chi connectivity index (χ1v) is 8.40. The lowest BCUT2D eigenvalue weighted by molar-refractivity contribution is 0.0735. The van der Waals surface area contributed by atoms with Crippen molar-refractivity contribution >= 4 is 5.91 Å². The third kappa shape index (κ3) is 3.37. The lowest BCUT2D eigenvalue weighted by atomic mass is 10.0. The average Bonchev–Trinajstić information content (AvgIpc) is 3.12. The van der Waals surface area contributed by atoms with E-state index in [1.165, 1.54) is 0 Å². The lowest BCUT2D eigenvalue weighted by Gasteiger charge is -2.25. The fourth-order valence-electron chi connectivity index (χ4n) is 3.23. The minimum Gasteiger partial charge on any atom is -0.497 e. The molecule has 0 spiro atoms. The van der Waals surface area contributed by atoms with E-state index in [0.29, 0.717) is 17.9 Å². The summed E-state index contributed by atoms with van der Waals surface area (Å²) in [6.07, 6.45) is 2.01. The molecule has 2 aromatic rings. The molecule has 126 valence electrons. The van der Waals surface area contributed by atoms with Gasteiger partial charge < -0.3 is 14.4 Å². The SMILES string of the molecule is CCOc1ccc(C2CCCN2C(=O)c2cccc(OC)c2)cc1. The van der Waals surface area contributed by atoms with Gasteiger partial charge in [0.25, 0.3) is 5.91 Å². The van der Waals surface area contributed by atoms with Crippen molar-refractivity contribution in [3.8, 4) is 11.5 Å². The van der Waals surface area contributed by atoms with Crippen molar-refractivity contribution in [1.29, 1.82) is 0 Å². The molecule has 2 aromatic carbocycles. The van der Waals surface area contributed by atoms with Crippen LogP contribution in [0.4, 0.5) is 0 Å². The molecule has 1 amide bonds. The smallest absolute Gasteiger partial charge is 0.254 e. The van der Waals surface area contributed by atoms with Gasteiger partial charge in [0.15, 0.2) is 0 Å². The predicted octanol–water partition coefficient (Wildman–Crippen LogP) is 4.07. The Kier molecular flexibility index (Phi) is 5.04. The molecule has 24 heavy (non-hydrogen) atoms. The van der Waals surface area contributed by atoms with Crippen molar-refractivity contribution in [3.05, 3.63) is 59.7 Å². The number of nitrogens with zero attached hydrogens (tertiary/aromatic N) is 1. The summed E-state index contributed by atoms with van der Waals surface area (Å²) in [6.45, 7) is 3.41. The van der Waals surface area contributed by atoms with Crippen molar-refractivity contribution in [3.63, 3.8) is 0 Å². The Morgan fingerprint density at radius 2 is 1.96 bits per heavy atom. The van der Waals surface area contributed by atoms with E-state index in [1.807, 2.05) is 42.2 Å². The standard InChI is InChI=1S/C20H23NO3/c1-3-24-17-11-9-15(10-12-17)19-8-5-13-21(19)20(22)16-6-4-7-18(14-16)23-2/h4,6-7,9-12,14,19H,3,5,8,13H2,1-2H3. The highest BCUT2D eigenvalue weighted by Crippen LogP contribution is 2.34. The van der Waals surface area contributed by atoms with Crippen molar-refractivity contribution in [2.75, 3.05) is 20.3 Å². The normalized spacial score (nSPS) is 16.9. The fraction of sp³-hybridized carbons (Fsp3) is 0.350. The summed E-state index contributed by atoms with van der Waals surface area (Å²) in [6, 6.07) is 15.6. The lowest BCUT2D eigenvalue weighted by Crippen LogP contribution is -2.30. The molecule has 1 atom stereocenters. The van der Waals surface area contributed by atoms with Gasteiger partial charge in [-0.1, -0.05) is 18.2 Å². The van der Waals surface area contributed by atoms with Crippen LogP contribution in [0.15, 0.2) is 48.5 Å². The summed E-state index contributed by atoms with van der Waals surface area (Å²) in [5.74, 6) is 1.63. The fourth-order valence-corrected chi connectivity index (χ4v) is 3.23. The maximum absolute atomic E-state index is 12.9. The van der Waals surface area contributed by atoms with Gasteiger partial charge in [0, 0.05) is 12.1 Å². The predicted molar refractivity (Wildman–Crippen MR) is 93.6 cm³/mol. The van der Waals surface area contributed by atoms with E-state index in [9.17, 15) is 4.79 Å². The van der Waals surface area contributed by atoms with Crippen molar-refractivity contribution in [2.24, 2.45) is 0 Å². The summed E-state index contributed by atoms with van der Waals surface area (Å²) in [4.78, 5) is 14.9. The second-order valence-corrected chi connectivity index (χ2v) is 5.89. The minimum absolute atomic E-state index is 0.0604. The number of ether oxygens (including phenoxy) is 2. The third-order valence-corrected chi connectivity index (χ3v) is 4.41. The van der Waals surface area contributed by atoms with E-state index in [2.05, 4.69) is 12.1 Å². The highest BCUT2D eigenvalue weighted by atomic mass is 16.5. The van der Waals surface area contributed by atoms with Crippen LogP contribution in [0.2, 0.25) is 0 Å². The monoisotopic (exact) mass is 325 g/mol. The van der Waals surface area contributed by atoms with Crippen molar-refractivity contribution in [2.45, 2.75) is 25.8 Å². The topological polar surface area (TPSA) is 38.8 Å². The van der Waals surface area contributed by atoms with Crippen LogP contribution >= 0.6 is 0 Å². The molecule has 0 bridgehead atoms. The van der Waals surface area contributed by atoms with Crippen molar-refractivity contribution < 1.29 is 14.3 Å². The Hall–Kier alpha value is -2.49. The summed E-state index contributed by atoms with van der Waals surface area (Å²) in [5, 5.41) is 0. The quantitative estimate of drug-likeness (QED) is 0.832. The summed E-state index contributed by atoms with van der Waals surface area (Å²) >= 11 is 0. The maximum Gasteiger partial charge on any atom is 0.254 e.